The fraction of sp³-hybridized carbons (Fsp3) is 0.750. The van der Waals surface area contributed by atoms with Crippen molar-refractivity contribution in [2.45, 2.75) is 31.3 Å². The van der Waals surface area contributed by atoms with E-state index < -0.39 is 36.1 Å². The minimum Gasteiger partial charge on any atom is -0.387 e. The Kier molecular flexibility index (Phi) is 5.37. The minimum atomic E-state index is -1.93. The van der Waals surface area contributed by atoms with E-state index in [1.807, 2.05) is 5.32 Å². The van der Waals surface area contributed by atoms with Crippen LogP contribution in [0.5, 0.6) is 0 Å². The lowest BCUT2D eigenvalue weighted by molar-refractivity contribution is -0.153. The molecule has 0 aliphatic rings. The van der Waals surface area contributed by atoms with Crippen LogP contribution in [0.25, 0.3) is 0 Å². The third-order valence-corrected chi connectivity index (χ3v) is 1.93. The molecule has 7 nitrogen and oxygen atoms in total. The Morgan fingerprint density at radius 3 is 1.73 bits per heavy atom. The van der Waals surface area contributed by atoms with E-state index in [1.54, 1.807) is 0 Å². The van der Waals surface area contributed by atoms with Crippen molar-refractivity contribution in [2.75, 3.05) is 7.05 Å². The normalized spacial score (nSPS) is 18.8. The summed E-state index contributed by atoms with van der Waals surface area (Å²) in [5.74, 6) is -1.69. The van der Waals surface area contributed by atoms with Gasteiger partial charge in [-0.2, -0.15) is 0 Å². The Balaban J connectivity index is 4.49. The molecule has 5 N–H and O–H groups in total. The molecule has 0 radical (unpaired) electrons. The molecule has 0 saturated heterocycles. The van der Waals surface area contributed by atoms with Crippen LogP contribution in [-0.4, -0.2) is 63.6 Å². The van der Waals surface area contributed by atoms with Gasteiger partial charge in [-0.1, -0.05) is 0 Å². The molecule has 0 unspecified atom stereocenters. The molecule has 4 atom stereocenters. The average Bonchev–Trinajstić information content (AvgIpc) is 2.23. The number of aliphatic hydroxyl groups is 4. The molecule has 0 aromatic carbocycles. The Morgan fingerprint density at radius 2 is 1.40 bits per heavy atom. The molecule has 0 saturated carbocycles. The van der Waals surface area contributed by atoms with E-state index in [4.69, 9.17) is 10.2 Å². The largest absolute Gasteiger partial charge is 0.387 e. The molecule has 0 spiro atoms. The van der Waals surface area contributed by atoms with Crippen molar-refractivity contribution in [3.63, 3.8) is 0 Å². The van der Waals surface area contributed by atoms with Gasteiger partial charge >= 0.3 is 0 Å². The number of hydrogen-bond acceptors (Lipinski definition) is 6. The number of ketones is 1. The van der Waals surface area contributed by atoms with Crippen molar-refractivity contribution < 1.29 is 30.0 Å². The van der Waals surface area contributed by atoms with Gasteiger partial charge in [0.1, 0.15) is 18.3 Å². The zero-order valence-electron chi connectivity index (χ0n) is 8.41. The number of rotatable bonds is 5. The van der Waals surface area contributed by atoms with Crippen LogP contribution >= 0.6 is 0 Å². The fourth-order valence-corrected chi connectivity index (χ4v) is 0.917. The standard InChI is InChI=1S/C8H15NO6/c1-3(10)4(11)5(12)6(13)7(14)8(15)9-2/h4-7,11-14H,1-2H3,(H,9,15)/t4-,5-,6+,7-/m1/s1. The van der Waals surface area contributed by atoms with E-state index in [2.05, 4.69) is 0 Å². The monoisotopic (exact) mass is 221 g/mol. The molecule has 0 bridgehead atoms. The van der Waals surface area contributed by atoms with Crippen LogP contribution in [0.15, 0.2) is 0 Å². The molecule has 1 amide bonds. The smallest absolute Gasteiger partial charge is 0.251 e. The van der Waals surface area contributed by atoms with Crippen LogP contribution in [0.2, 0.25) is 0 Å². The first-order valence-electron chi connectivity index (χ1n) is 4.27. The van der Waals surface area contributed by atoms with Crippen molar-refractivity contribution in [1.29, 1.82) is 0 Å². The van der Waals surface area contributed by atoms with Gasteiger partial charge in [0.05, 0.1) is 0 Å². The predicted molar refractivity (Wildman–Crippen MR) is 48.8 cm³/mol. The number of likely N-dealkylation sites (N-methyl/N-ethyl adjacent to an activating group) is 1. The van der Waals surface area contributed by atoms with E-state index in [0.29, 0.717) is 0 Å². The molecule has 7 heteroatoms. The maximum Gasteiger partial charge on any atom is 0.251 e. The van der Waals surface area contributed by atoms with Crippen LogP contribution < -0.4 is 5.32 Å². The maximum absolute atomic E-state index is 10.9. The Hall–Kier alpha value is -1.02. The molecule has 0 aromatic heterocycles. The van der Waals surface area contributed by atoms with Gasteiger partial charge in [0.25, 0.3) is 5.91 Å². The molecule has 0 rings (SSSR count). The first kappa shape index (κ1) is 14.0. The second-order valence-electron chi connectivity index (χ2n) is 3.10. The van der Waals surface area contributed by atoms with E-state index >= 15 is 0 Å². The number of aliphatic hydroxyl groups excluding tert-OH is 4. The van der Waals surface area contributed by atoms with Crippen LogP contribution in [0, 0.1) is 0 Å². The number of carbonyl (C=O) groups excluding carboxylic acids is 2. The van der Waals surface area contributed by atoms with E-state index in [9.17, 15) is 19.8 Å². The summed E-state index contributed by atoms with van der Waals surface area (Å²) in [7, 11) is 1.23. The lowest BCUT2D eigenvalue weighted by Gasteiger charge is -2.24. The summed E-state index contributed by atoms with van der Waals surface area (Å²) in [5, 5.41) is 38.7. The van der Waals surface area contributed by atoms with Crippen molar-refractivity contribution in [2.24, 2.45) is 0 Å². The molecule has 0 aliphatic heterocycles. The van der Waals surface area contributed by atoms with Gasteiger partial charge in [0.2, 0.25) is 0 Å². The highest BCUT2D eigenvalue weighted by atomic mass is 16.4. The summed E-state index contributed by atoms with van der Waals surface area (Å²) in [6, 6.07) is 0. The van der Waals surface area contributed by atoms with Gasteiger partial charge in [0.15, 0.2) is 11.9 Å². The van der Waals surface area contributed by atoms with Gasteiger partial charge in [-0.15, -0.1) is 0 Å². The minimum absolute atomic E-state index is 0.773. The molecule has 15 heavy (non-hydrogen) atoms. The quantitative estimate of drug-likeness (QED) is 0.332. The highest BCUT2D eigenvalue weighted by Crippen LogP contribution is 2.06. The fourth-order valence-electron chi connectivity index (χ4n) is 0.917. The first-order valence-corrected chi connectivity index (χ1v) is 4.27. The van der Waals surface area contributed by atoms with E-state index in [1.165, 1.54) is 7.05 Å². The van der Waals surface area contributed by atoms with E-state index in [0.717, 1.165) is 6.92 Å². The molecule has 88 valence electrons. The SMILES string of the molecule is CNC(=O)[C@H](O)[C@@H](O)[C@H](O)[C@H](O)C(C)=O. The van der Waals surface area contributed by atoms with Crippen LogP contribution in [0.4, 0.5) is 0 Å². The third-order valence-electron chi connectivity index (χ3n) is 1.93. The summed E-state index contributed by atoms with van der Waals surface area (Å²) in [5.41, 5.74) is 0. The average molecular weight is 221 g/mol. The van der Waals surface area contributed by atoms with E-state index in [-0.39, 0.29) is 0 Å². The lowest BCUT2D eigenvalue weighted by atomic mass is 10.0. The van der Waals surface area contributed by atoms with Gasteiger partial charge in [0, 0.05) is 7.05 Å². The first-order chi connectivity index (χ1) is 6.82. The summed E-state index contributed by atoms with van der Waals surface area (Å²) >= 11 is 0. The number of nitrogens with one attached hydrogen (secondary N) is 1. The second kappa shape index (κ2) is 5.76. The maximum atomic E-state index is 10.9. The topological polar surface area (TPSA) is 127 Å². The van der Waals surface area contributed by atoms with Crippen LogP contribution in [-0.2, 0) is 9.59 Å². The molecule has 0 heterocycles. The highest BCUT2D eigenvalue weighted by Gasteiger charge is 2.35. The number of hydrogen-bond donors (Lipinski definition) is 5. The Labute approximate surface area is 86.3 Å². The number of Topliss-reactive ketones (excluding diaryl/α,β-unsaturated/α-hetero) is 1. The summed E-state index contributed by atoms with van der Waals surface area (Å²) in [4.78, 5) is 21.5. The summed E-state index contributed by atoms with van der Waals surface area (Å²) in [6.07, 6.45) is -7.57. The molecule has 0 fully saturated rings. The predicted octanol–water partition coefficient (Wildman–Crippen LogP) is -3.23. The Bertz CT molecular complexity index is 243. The molecular weight excluding hydrogens is 206 g/mol. The van der Waals surface area contributed by atoms with Crippen molar-refractivity contribution in [3.8, 4) is 0 Å². The molecule has 0 aliphatic carbocycles. The van der Waals surface area contributed by atoms with Crippen molar-refractivity contribution in [3.05, 3.63) is 0 Å². The summed E-state index contributed by atoms with van der Waals surface area (Å²) < 4.78 is 0. The van der Waals surface area contributed by atoms with Crippen molar-refractivity contribution >= 4 is 11.7 Å². The summed E-state index contributed by atoms with van der Waals surface area (Å²) in [6.45, 7) is 1.01. The molecular formula is C8H15NO6. The van der Waals surface area contributed by atoms with Gasteiger partial charge in [-0.25, -0.2) is 0 Å². The number of amides is 1. The highest BCUT2D eigenvalue weighted by molar-refractivity contribution is 5.82. The molecule has 0 aromatic rings. The van der Waals surface area contributed by atoms with Crippen LogP contribution in [0.1, 0.15) is 6.92 Å². The zero-order chi connectivity index (χ0) is 12.2. The zero-order valence-corrected chi connectivity index (χ0v) is 8.41. The number of carbonyl (C=O) groups is 2. The Morgan fingerprint density at radius 1 is 1.00 bits per heavy atom. The van der Waals surface area contributed by atoms with Gasteiger partial charge in [-0.3, -0.25) is 9.59 Å². The lowest BCUT2D eigenvalue weighted by Crippen LogP contribution is -2.51. The second-order valence-corrected chi connectivity index (χ2v) is 3.10. The van der Waals surface area contributed by atoms with Gasteiger partial charge < -0.3 is 25.7 Å². The van der Waals surface area contributed by atoms with Crippen LogP contribution in [0.3, 0.4) is 0 Å². The van der Waals surface area contributed by atoms with Crippen molar-refractivity contribution in [1.82, 2.24) is 5.32 Å². The third kappa shape index (κ3) is 3.56. The van der Waals surface area contributed by atoms with Gasteiger partial charge in [-0.05, 0) is 6.92 Å².